The maximum absolute atomic E-state index is 12.2. The number of amides is 1. The Morgan fingerprint density at radius 2 is 2.08 bits per heavy atom. The van der Waals surface area contributed by atoms with E-state index < -0.39 is 0 Å². The zero-order valence-corrected chi connectivity index (χ0v) is 15.0. The predicted molar refractivity (Wildman–Crippen MR) is 100 cm³/mol. The molecular formula is C20H28N4O. The summed E-state index contributed by atoms with van der Waals surface area (Å²) in [6, 6.07) is 12.4. The van der Waals surface area contributed by atoms with E-state index in [1.165, 1.54) is 5.69 Å². The van der Waals surface area contributed by atoms with E-state index in [2.05, 4.69) is 33.7 Å². The molecule has 3 rings (SSSR count). The lowest BCUT2D eigenvalue weighted by Gasteiger charge is -2.20. The molecule has 25 heavy (non-hydrogen) atoms. The normalized spacial score (nSPS) is 16.9. The fourth-order valence-corrected chi connectivity index (χ4v) is 3.37. The molecule has 0 bridgehead atoms. The monoisotopic (exact) mass is 340 g/mol. The Labute approximate surface area is 149 Å². The quantitative estimate of drug-likeness (QED) is 0.727. The molecular weight excluding hydrogens is 312 g/mol. The molecule has 1 aromatic carbocycles. The van der Waals surface area contributed by atoms with Crippen LogP contribution in [0.4, 0.5) is 0 Å². The summed E-state index contributed by atoms with van der Waals surface area (Å²) < 4.78 is 0. The van der Waals surface area contributed by atoms with Gasteiger partial charge in [0.25, 0.3) is 0 Å². The third-order valence-electron chi connectivity index (χ3n) is 4.93. The largest absolute Gasteiger partial charge is 0.345 e. The molecule has 0 spiro atoms. The Morgan fingerprint density at radius 1 is 1.24 bits per heavy atom. The fraction of sp³-hybridized carbons (Fsp3) is 0.500. The van der Waals surface area contributed by atoms with E-state index in [1.54, 1.807) is 0 Å². The van der Waals surface area contributed by atoms with Crippen molar-refractivity contribution in [2.24, 2.45) is 5.92 Å². The van der Waals surface area contributed by atoms with Crippen molar-refractivity contribution in [3.05, 3.63) is 42.1 Å². The summed E-state index contributed by atoms with van der Waals surface area (Å²) in [7, 11) is 1.93. The summed E-state index contributed by atoms with van der Waals surface area (Å²) in [5.74, 6) is 0.484. The number of nitrogens with zero attached hydrogens (tertiary/aromatic N) is 2. The molecule has 1 aromatic heterocycles. The molecule has 1 saturated heterocycles. The molecule has 1 unspecified atom stereocenters. The maximum atomic E-state index is 12.2. The molecule has 0 saturated carbocycles. The van der Waals surface area contributed by atoms with E-state index in [1.807, 2.05) is 30.1 Å². The molecule has 0 aliphatic carbocycles. The van der Waals surface area contributed by atoms with Gasteiger partial charge in [-0.3, -0.25) is 9.89 Å². The Hall–Kier alpha value is -2.14. The minimum absolute atomic E-state index is 0.186. The standard InChI is InChI=1S/C20H28N4O/c1-24(20(25)17-11-12-21-15-17)13-7-3-6-10-18-14-19(23-22-18)16-8-4-2-5-9-16/h2,4-5,8-9,14,17,21H,3,6-7,10-13,15H2,1H3,(H,22,23). The van der Waals surface area contributed by atoms with Crippen molar-refractivity contribution in [1.29, 1.82) is 0 Å². The number of benzene rings is 1. The van der Waals surface area contributed by atoms with Crippen LogP contribution in [-0.4, -0.2) is 47.7 Å². The van der Waals surface area contributed by atoms with Crippen LogP contribution in [0, 0.1) is 5.92 Å². The van der Waals surface area contributed by atoms with Crippen LogP contribution in [-0.2, 0) is 11.2 Å². The van der Waals surface area contributed by atoms with Gasteiger partial charge in [0.2, 0.25) is 5.91 Å². The summed E-state index contributed by atoms with van der Waals surface area (Å²) in [5, 5.41) is 10.8. The highest BCUT2D eigenvalue weighted by molar-refractivity contribution is 5.79. The van der Waals surface area contributed by atoms with Gasteiger partial charge < -0.3 is 10.2 Å². The molecule has 1 amide bonds. The summed E-state index contributed by atoms with van der Waals surface area (Å²) in [4.78, 5) is 14.1. The Morgan fingerprint density at radius 3 is 2.84 bits per heavy atom. The van der Waals surface area contributed by atoms with Crippen LogP contribution in [0.25, 0.3) is 11.3 Å². The summed E-state index contributed by atoms with van der Waals surface area (Å²) in [6.45, 7) is 2.67. The van der Waals surface area contributed by atoms with Gasteiger partial charge in [0.05, 0.1) is 11.6 Å². The lowest BCUT2D eigenvalue weighted by molar-refractivity contribution is -0.133. The van der Waals surface area contributed by atoms with Crippen molar-refractivity contribution in [1.82, 2.24) is 20.4 Å². The van der Waals surface area contributed by atoms with Gasteiger partial charge in [0, 0.05) is 31.4 Å². The second-order valence-corrected chi connectivity index (χ2v) is 6.90. The molecule has 1 aliphatic rings. The summed E-state index contributed by atoms with van der Waals surface area (Å²) in [6.07, 6.45) is 5.28. The molecule has 1 aliphatic heterocycles. The van der Waals surface area contributed by atoms with Crippen molar-refractivity contribution in [3.8, 4) is 11.3 Å². The second kappa shape index (κ2) is 8.81. The zero-order valence-electron chi connectivity index (χ0n) is 15.0. The number of hydrogen-bond donors (Lipinski definition) is 2. The molecule has 1 atom stereocenters. The molecule has 1 fully saturated rings. The van der Waals surface area contributed by atoms with Crippen LogP contribution in [0.2, 0.25) is 0 Å². The van der Waals surface area contributed by atoms with Crippen LogP contribution in [0.1, 0.15) is 31.4 Å². The van der Waals surface area contributed by atoms with Crippen LogP contribution < -0.4 is 5.32 Å². The third kappa shape index (κ3) is 4.92. The van der Waals surface area contributed by atoms with Crippen LogP contribution in [0.15, 0.2) is 36.4 Å². The number of aryl methyl sites for hydroxylation is 1. The highest BCUT2D eigenvalue weighted by atomic mass is 16.2. The molecule has 5 nitrogen and oxygen atoms in total. The topological polar surface area (TPSA) is 61.0 Å². The average Bonchev–Trinajstić information content (AvgIpc) is 3.33. The van der Waals surface area contributed by atoms with Gasteiger partial charge in [-0.1, -0.05) is 36.8 Å². The van der Waals surface area contributed by atoms with E-state index in [4.69, 9.17) is 0 Å². The van der Waals surface area contributed by atoms with Crippen molar-refractivity contribution < 1.29 is 4.79 Å². The van der Waals surface area contributed by atoms with Gasteiger partial charge in [-0.05, 0) is 38.3 Å². The van der Waals surface area contributed by atoms with E-state index in [-0.39, 0.29) is 5.92 Å². The van der Waals surface area contributed by atoms with Gasteiger partial charge in [-0.2, -0.15) is 5.10 Å². The molecule has 134 valence electrons. The van der Waals surface area contributed by atoms with Gasteiger partial charge in [0.15, 0.2) is 0 Å². The van der Waals surface area contributed by atoms with Crippen molar-refractivity contribution >= 4 is 5.91 Å². The average molecular weight is 340 g/mol. The minimum Gasteiger partial charge on any atom is -0.345 e. The van der Waals surface area contributed by atoms with Crippen LogP contribution in [0.3, 0.4) is 0 Å². The molecule has 2 aromatic rings. The fourth-order valence-electron chi connectivity index (χ4n) is 3.37. The smallest absolute Gasteiger partial charge is 0.226 e. The first kappa shape index (κ1) is 17.7. The van der Waals surface area contributed by atoms with E-state index in [0.717, 1.165) is 63.0 Å². The van der Waals surface area contributed by atoms with Gasteiger partial charge in [-0.25, -0.2) is 0 Å². The molecule has 2 heterocycles. The number of hydrogen-bond acceptors (Lipinski definition) is 3. The number of carbonyl (C=O) groups excluding carboxylic acids is 1. The predicted octanol–water partition coefficient (Wildman–Crippen LogP) is 2.86. The van der Waals surface area contributed by atoms with Crippen molar-refractivity contribution in [3.63, 3.8) is 0 Å². The van der Waals surface area contributed by atoms with Crippen LogP contribution >= 0.6 is 0 Å². The Balaban J connectivity index is 1.35. The number of unbranched alkanes of at least 4 members (excludes halogenated alkanes) is 2. The summed E-state index contributed by atoms with van der Waals surface area (Å²) in [5.41, 5.74) is 3.33. The van der Waals surface area contributed by atoms with Crippen molar-refractivity contribution in [2.45, 2.75) is 32.1 Å². The van der Waals surface area contributed by atoms with Gasteiger partial charge >= 0.3 is 0 Å². The number of rotatable bonds is 8. The first-order valence-electron chi connectivity index (χ1n) is 9.29. The highest BCUT2D eigenvalue weighted by Crippen LogP contribution is 2.18. The second-order valence-electron chi connectivity index (χ2n) is 6.90. The zero-order chi connectivity index (χ0) is 17.5. The third-order valence-corrected chi connectivity index (χ3v) is 4.93. The number of aromatic amines is 1. The highest BCUT2D eigenvalue weighted by Gasteiger charge is 2.24. The van der Waals surface area contributed by atoms with Crippen LogP contribution in [0.5, 0.6) is 0 Å². The summed E-state index contributed by atoms with van der Waals surface area (Å²) >= 11 is 0. The lowest BCUT2D eigenvalue weighted by Crippen LogP contribution is -2.34. The van der Waals surface area contributed by atoms with E-state index in [9.17, 15) is 4.79 Å². The lowest BCUT2D eigenvalue weighted by atomic mass is 10.1. The van der Waals surface area contributed by atoms with Crippen molar-refractivity contribution in [2.75, 3.05) is 26.7 Å². The number of H-pyrrole nitrogens is 1. The molecule has 2 N–H and O–H groups in total. The number of carbonyl (C=O) groups is 1. The first-order valence-corrected chi connectivity index (χ1v) is 9.29. The minimum atomic E-state index is 0.186. The van der Waals surface area contributed by atoms with Gasteiger partial charge in [-0.15, -0.1) is 0 Å². The van der Waals surface area contributed by atoms with E-state index >= 15 is 0 Å². The Kier molecular flexibility index (Phi) is 6.23. The molecule has 0 radical (unpaired) electrons. The maximum Gasteiger partial charge on any atom is 0.226 e. The Bertz CT molecular complexity index is 661. The molecule has 5 heteroatoms. The first-order chi connectivity index (χ1) is 12.2. The number of aromatic nitrogens is 2. The SMILES string of the molecule is CN(CCCCCc1cc(-c2ccccc2)n[nH]1)C(=O)C1CCNC1. The van der Waals surface area contributed by atoms with Gasteiger partial charge in [0.1, 0.15) is 0 Å². The number of nitrogens with one attached hydrogen (secondary N) is 2. The van der Waals surface area contributed by atoms with E-state index in [0.29, 0.717) is 5.91 Å².